The molecule has 0 aliphatic carbocycles. The first kappa shape index (κ1) is 19.8. The lowest BCUT2D eigenvalue weighted by Crippen LogP contribution is -2.22. The van der Waals surface area contributed by atoms with E-state index >= 15 is 0 Å². The van der Waals surface area contributed by atoms with E-state index in [9.17, 15) is 9.59 Å². The summed E-state index contributed by atoms with van der Waals surface area (Å²) in [6, 6.07) is 8.43. The number of fused-ring (bicyclic) bond motifs is 2. The van der Waals surface area contributed by atoms with E-state index < -0.39 is 11.9 Å². The second-order valence-corrected chi connectivity index (χ2v) is 7.21. The van der Waals surface area contributed by atoms with Crippen molar-refractivity contribution in [1.82, 2.24) is 4.57 Å². The number of esters is 1. The van der Waals surface area contributed by atoms with Crippen LogP contribution in [0.15, 0.2) is 35.3 Å². The molecule has 9 nitrogen and oxygen atoms in total. The molecule has 3 aromatic rings. The minimum absolute atomic E-state index is 0.114. The molecule has 0 atom stereocenters. The Hall–Kier alpha value is -3.53. The summed E-state index contributed by atoms with van der Waals surface area (Å²) in [5.41, 5.74) is 0.923. The van der Waals surface area contributed by atoms with Gasteiger partial charge in [-0.15, -0.1) is 0 Å². The van der Waals surface area contributed by atoms with Crippen molar-refractivity contribution in [3.8, 4) is 23.0 Å². The monoisotopic (exact) mass is 430 g/mol. The summed E-state index contributed by atoms with van der Waals surface area (Å²) in [6.45, 7) is 0.0203. The molecule has 0 fully saturated rings. The van der Waals surface area contributed by atoms with Gasteiger partial charge in [0.2, 0.25) is 6.79 Å². The molecule has 0 saturated carbocycles. The van der Waals surface area contributed by atoms with Gasteiger partial charge in [-0.05, 0) is 18.2 Å². The third-order valence-corrected chi connectivity index (χ3v) is 5.57. The third-order valence-electron chi connectivity index (χ3n) is 4.53. The van der Waals surface area contributed by atoms with Gasteiger partial charge in [0.25, 0.3) is 5.91 Å². The molecular weight excluding hydrogens is 412 g/mol. The van der Waals surface area contributed by atoms with E-state index in [1.807, 2.05) is 0 Å². The van der Waals surface area contributed by atoms with E-state index in [-0.39, 0.29) is 18.9 Å². The first-order chi connectivity index (χ1) is 14.5. The van der Waals surface area contributed by atoms with E-state index in [4.69, 9.17) is 23.7 Å². The number of thiazole rings is 1. The number of aromatic nitrogens is 1. The Morgan fingerprint density at radius 3 is 2.57 bits per heavy atom. The van der Waals surface area contributed by atoms with Gasteiger partial charge in [0.05, 0.1) is 37.1 Å². The maximum absolute atomic E-state index is 13.0. The Bertz CT molecular complexity index is 1210. The lowest BCUT2D eigenvalue weighted by Gasteiger charge is -2.07. The number of amides is 1. The number of hydrogen-bond acceptors (Lipinski definition) is 8. The second kappa shape index (κ2) is 8.07. The Labute approximate surface area is 175 Å². The molecule has 10 heteroatoms. The van der Waals surface area contributed by atoms with Gasteiger partial charge in [-0.1, -0.05) is 11.3 Å². The van der Waals surface area contributed by atoms with Crippen molar-refractivity contribution in [3.63, 3.8) is 0 Å². The highest BCUT2D eigenvalue weighted by atomic mass is 32.1. The fourth-order valence-corrected chi connectivity index (χ4v) is 4.06. The van der Waals surface area contributed by atoms with Crippen LogP contribution in [0.3, 0.4) is 0 Å². The van der Waals surface area contributed by atoms with Crippen LogP contribution in [-0.2, 0) is 16.1 Å². The van der Waals surface area contributed by atoms with Crippen LogP contribution in [0.1, 0.15) is 10.4 Å². The van der Waals surface area contributed by atoms with Crippen molar-refractivity contribution in [2.45, 2.75) is 6.54 Å². The highest BCUT2D eigenvalue weighted by Crippen LogP contribution is 2.37. The van der Waals surface area contributed by atoms with E-state index in [0.29, 0.717) is 33.3 Å². The molecule has 0 N–H and O–H groups in total. The largest absolute Gasteiger partial charge is 0.497 e. The normalized spacial score (nSPS) is 12.8. The molecule has 4 rings (SSSR count). The van der Waals surface area contributed by atoms with Crippen LogP contribution in [0.4, 0.5) is 0 Å². The molecule has 0 bridgehead atoms. The average Bonchev–Trinajstić information content (AvgIpc) is 3.35. The topological polar surface area (TPSA) is 97.6 Å². The van der Waals surface area contributed by atoms with Crippen LogP contribution in [-0.4, -0.2) is 44.6 Å². The average molecular weight is 430 g/mol. The van der Waals surface area contributed by atoms with Crippen molar-refractivity contribution >= 4 is 33.4 Å². The smallest absolute Gasteiger partial charge is 0.325 e. The number of nitrogens with zero attached hydrogens (tertiary/aromatic N) is 2. The fraction of sp³-hybridized carbons (Fsp3) is 0.250. The first-order valence-electron chi connectivity index (χ1n) is 8.85. The molecule has 0 unspecified atom stereocenters. The van der Waals surface area contributed by atoms with Gasteiger partial charge in [0.1, 0.15) is 18.0 Å². The van der Waals surface area contributed by atoms with Crippen molar-refractivity contribution in [1.29, 1.82) is 0 Å². The van der Waals surface area contributed by atoms with Gasteiger partial charge in [-0.2, -0.15) is 4.99 Å². The van der Waals surface area contributed by atoms with Crippen LogP contribution < -0.4 is 23.7 Å². The zero-order valence-corrected chi connectivity index (χ0v) is 17.3. The summed E-state index contributed by atoms with van der Waals surface area (Å²) in [5, 5.41) is 0. The van der Waals surface area contributed by atoms with E-state index in [2.05, 4.69) is 4.99 Å². The number of methoxy groups -OCH3 is 3. The van der Waals surface area contributed by atoms with Crippen molar-refractivity contribution < 1.29 is 33.3 Å². The van der Waals surface area contributed by atoms with Crippen LogP contribution >= 0.6 is 11.3 Å². The summed E-state index contributed by atoms with van der Waals surface area (Å²) < 4.78 is 28.5. The molecule has 1 aliphatic heterocycles. The Kier molecular flexibility index (Phi) is 5.32. The number of hydrogen-bond donors (Lipinski definition) is 0. The van der Waals surface area contributed by atoms with Gasteiger partial charge in [0.15, 0.2) is 16.3 Å². The van der Waals surface area contributed by atoms with Crippen LogP contribution in [0.25, 0.3) is 10.2 Å². The molecule has 156 valence electrons. The Morgan fingerprint density at radius 2 is 1.87 bits per heavy atom. The molecule has 1 aromatic heterocycles. The fourth-order valence-electron chi connectivity index (χ4n) is 3.02. The minimum atomic E-state index is -0.532. The van der Waals surface area contributed by atoms with E-state index in [1.165, 1.54) is 32.7 Å². The van der Waals surface area contributed by atoms with Crippen molar-refractivity contribution in [3.05, 3.63) is 40.7 Å². The minimum Gasteiger partial charge on any atom is -0.497 e. The summed E-state index contributed by atoms with van der Waals surface area (Å²) in [7, 11) is 4.28. The summed E-state index contributed by atoms with van der Waals surface area (Å²) in [5.74, 6) is 1.02. The lowest BCUT2D eigenvalue weighted by molar-refractivity contribution is -0.141. The lowest BCUT2D eigenvalue weighted by atomic mass is 10.2. The highest BCUT2D eigenvalue weighted by molar-refractivity contribution is 7.16. The molecule has 1 amide bonds. The maximum atomic E-state index is 13.0. The molecule has 0 radical (unpaired) electrons. The van der Waals surface area contributed by atoms with Crippen molar-refractivity contribution in [2.75, 3.05) is 28.1 Å². The predicted molar refractivity (Wildman–Crippen MR) is 107 cm³/mol. The van der Waals surface area contributed by atoms with Gasteiger partial charge >= 0.3 is 5.97 Å². The van der Waals surface area contributed by atoms with Gasteiger partial charge in [-0.3, -0.25) is 9.59 Å². The molecule has 1 aliphatic rings. The summed E-state index contributed by atoms with van der Waals surface area (Å²) in [4.78, 5) is 29.6. The summed E-state index contributed by atoms with van der Waals surface area (Å²) in [6.07, 6.45) is 0. The number of carbonyl (C=O) groups is 2. The van der Waals surface area contributed by atoms with Crippen LogP contribution in [0.2, 0.25) is 0 Å². The number of ether oxygens (including phenoxy) is 5. The summed E-state index contributed by atoms with van der Waals surface area (Å²) >= 11 is 1.25. The molecule has 2 aromatic carbocycles. The standard InChI is InChI=1S/C20H18N2O7S/c1-25-11-4-5-14(26-2)12(6-11)19(24)21-20-22(9-18(23)27-3)13-7-15-16(29-10-28-15)8-17(13)30-20/h4-8H,9-10H2,1-3H3. The number of rotatable bonds is 5. The van der Waals surface area contributed by atoms with Crippen molar-refractivity contribution in [2.24, 2.45) is 4.99 Å². The Balaban J connectivity index is 1.87. The highest BCUT2D eigenvalue weighted by Gasteiger charge is 2.20. The van der Waals surface area contributed by atoms with E-state index in [1.54, 1.807) is 34.9 Å². The maximum Gasteiger partial charge on any atom is 0.325 e. The molecular formula is C20H18N2O7S. The zero-order chi connectivity index (χ0) is 21.3. The SMILES string of the molecule is COC(=O)Cn1c(=NC(=O)c2cc(OC)ccc2OC)sc2cc3c(cc21)OCO3. The number of carbonyl (C=O) groups excluding carboxylic acids is 2. The van der Waals surface area contributed by atoms with Crippen LogP contribution in [0.5, 0.6) is 23.0 Å². The predicted octanol–water partition coefficient (Wildman–Crippen LogP) is 2.36. The first-order valence-corrected chi connectivity index (χ1v) is 9.66. The quantitative estimate of drug-likeness (QED) is 0.573. The number of benzene rings is 2. The van der Waals surface area contributed by atoms with Gasteiger partial charge in [-0.25, -0.2) is 0 Å². The van der Waals surface area contributed by atoms with Gasteiger partial charge < -0.3 is 28.3 Å². The van der Waals surface area contributed by atoms with Gasteiger partial charge in [0, 0.05) is 12.1 Å². The molecule has 0 saturated heterocycles. The Morgan fingerprint density at radius 1 is 1.10 bits per heavy atom. The van der Waals surface area contributed by atoms with E-state index in [0.717, 1.165) is 4.70 Å². The third kappa shape index (κ3) is 3.57. The van der Waals surface area contributed by atoms with Crippen LogP contribution in [0, 0.1) is 0 Å². The molecule has 0 spiro atoms. The zero-order valence-electron chi connectivity index (χ0n) is 16.5. The second-order valence-electron chi connectivity index (χ2n) is 6.20. The molecule has 30 heavy (non-hydrogen) atoms. The molecule has 2 heterocycles.